The van der Waals surface area contributed by atoms with Gasteiger partial charge in [0.1, 0.15) is 18.1 Å². The number of ether oxygens (including phenoxy) is 2. The molecule has 0 spiro atoms. The number of halogens is 1. The molecule has 0 fully saturated rings. The molecular weight excluding hydrogens is 406 g/mol. The highest BCUT2D eigenvalue weighted by Crippen LogP contribution is 2.26. The fourth-order valence-electron chi connectivity index (χ4n) is 2.60. The Morgan fingerprint density at radius 1 is 1.00 bits per heavy atom. The van der Waals surface area contributed by atoms with Crippen LogP contribution >= 0.6 is 15.9 Å². The van der Waals surface area contributed by atoms with Crippen LogP contribution < -0.4 is 14.8 Å². The third kappa shape index (κ3) is 6.58. The number of hydrogen-bond acceptors (Lipinski definition) is 3. The van der Waals surface area contributed by atoms with Gasteiger partial charge in [0.05, 0.1) is 6.54 Å². The third-order valence-corrected chi connectivity index (χ3v) is 5.44. The minimum atomic E-state index is -0.167. The maximum Gasteiger partial charge on any atom is 0.258 e. The Morgan fingerprint density at radius 3 is 2.15 bits per heavy atom. The Morgan fingerprint density at radius 2 is 1.59 bits per heavy atom. The fraction of sp³-hybridized carbons (Fsp3) is 0.409. The lowest BCUT2D eigenvalue weighted by molar-refractivity contribution is -0.123. The molecule has 4 nitrogen and oxygen atoms in total. The molecule has 0 unspecified atom stereocenters. The largest absolute Gasteiger partial charge is 0.492 e. The number of aryl methyl sites for hydroxylation is 2. The van der Waals surface area contributed by atoms with Crippen molar-refractivity contribution in [2.75, 3.05) is 19.8 Å². The Bertz CT molecular complexity index is 756. The number of carbonyl (C=O) groups is 1. The predicted octanol–water partition coefficient (Wildman–Crippen LogP) is 4.94. The molecular formula is C22H28BrNO3. The van der Waals surface area contributed by atoms with Crippen molar-refractivity contribution in [1.29, 1.82) is 0 Å². The maximum atomic E-state index is 11.9. The van der Waals surface area contributed by atoms with E-state index in [1.807, 2.05) is 38.1 Å². The Hall–Kier alpha value is -2.01. The molecule has 0 heterocycles. The normalized spacial score (nSPS) is 11.2. The molecule has 0 saturated carbocycles. The molecule has 5 heteroatoms. The van der Waals surface area contributed by atoms with Crippen LogP contribution in [-0.2, 0) is 10.2 Å². The van der Waals surface area contributed by atoms with Gasteiger partial charge in [0.15, 0.2) is 6.61 Å². The third-order valence-electron chi connectivity index (χ3n) is 4.19. The predicted molar refractivity (Wildman–Crippen MR) is 113 cm³/mol. The second-order valence-electron chi connectivity index (χ2n) is 7.63. The summed E-state index contributed by atoms with van der Waals surface area (Å²) >= 11 is 3.52. The first-order chi connectivity index (χ1) is 12.7. The van der Waals surface area contributed by atoms with Gasteiger partial charge in [0.25, 0.3) is 5.91 Å². The number of amides is 1. The molecule has 0 atom stereocenters. The van der Waals surface area contributed by atoms with Gasteiger partial charge in [-0.3, -0.25) is 4.79 Å². The number of benzene rings is 2. The smallest absolute Gasteiger partial charge is 0.258 e. The highest BCUT2D eigenvalue weighted by atomic mass is 79.9. The SMILES string of the molecule is Cc1cc(OCC(=O)NCCOc2ccc(C(C)(C)C)cc2)cc(C)c1Br. The fourth-order valence-corrected chi connectivity index (χ4v) is 2.83. The average Bonchev–Trinajstić information content (AvgIpc) is 2.61. The summed E-state index contributed by atoms with van der Waals surface area (Å²) in [6, 6.07) is 11.9. The summed E-state index contributed by atoms with van der Waals surface area (Å²) in [4.78, 5) is 11.9. The van der Waals surface area contributed by atoms with E-state index in [1.165, 1.54) is 5.56 Å². The lowest BCUT2D eigenvalue weighted by atomic mass is 9.87. The molecule has 1 N–H and O–H groups in total. The van der Waals surface area contributed by atoms with Crippen molar-refractivity contribution in [1.82, 2.24) is 5.32 Å². The highest BCUT2D eigenvalue weighted by molar-refractivity contribution is 9.10. The second-order valence-corrected chi connectivity index (χ2v) is 8.43. The molecule has 2 rings (SSSR count). The van der Waals surface area contributed by atoms with E-state index in [-0.39, 0.29) is 17.9 Å². The lowest BCUT2D eigenvalue weighted by Gasteiger charge is -2.19. The zero-order chi connectivity index (χ0) is 20.0. The van der Waals surface area contributed by atoms with Gasteiger partial charge < -0.3 is 14.8 Å². The Labute approximate surface area is 170 Å². The Balaban J connectivity index is 1.70. The van der Waals surface area contributed by atoms with E-state index in [9.17, 15) is 4.79 Å². The molecule has 0 aliphatic heterocycles. The molecule has 0 saturated heterocycles. The van der Waals surface area contributed by atoms with E-state index in [1.54, 1.807) is 0 Å². The molecule has 2 aromatic rings. The van der Waals surface area contributed by atoms with Crippen LogP contribution in [0.25, 0.3) is 0 Å². The maximum absolute atomic E-state index is 11.9. The summed E-state index contributed by atoms with van der Waals surface area (Å²) in [5.74, 6) is 1.33. The van der Waals surface area contributed by atoms with Crippen LogP contribution in [0, 0.1) is 13.8 Å². The molecule has 1 amide bonds. The molecule has 0 aliphatic rings. The van der Waals surface area contributed by atoms with Crippen LogP contribution in [0.1, 0.15) is 37.5 Å². The van der Waals surface area contributed by atoms with E-state index >= 15 is 0 Å². The summed E-state index contributed by atoms with van der Waals surface area (Å²) in [6.07, 6.45) is 0. The van der Waals surface area contributed by atoms with Gasteiger partial charge in [-0.1, -0.05) is 48.8 Å². The average molecular weight is 434 g/mol. The molecule has 0 radical (unpaired) electrons. The monoisotopic (exact) mass is 433 g/mol. The van der Waals surface area contributed by atoms with Gasteiger partial charge >= 0.3 is 0 Å². The summed E-state index contributed by atoms with van der Waals surface area (Å²) in [5.41, 5.74) is 3.55. The van der Waals surface area contributed by atoms with Crippen LogP contribution in [0.3, 0.4) is 0 Å². The van der Waals surface area contributed by atoms with Gasteiger partial charge in [0, 0.05) is 4.47 Å². The van der Waals surface area contributed by atoms with Crippen molar-refractivity contribution in [2.24, 2.45) is 0 Å². The molecule has 0 aliphatic carbocycles. The van der Waals surface area contributed by atoms with Gasteiger partial charge in [-0.25, -0.2) is 0 Å². The van der Waals surface area contributed by atoms with E-state index in [4.69, 9.17) is 9.47 Å². The highest BCUT2D eigenvalue weighted by Gasteiger charge is 2.13. The molecule has 146 valence electrons. The zero-order valence-electron chi connectivity index (χ0n) is 16.7. The van der Waals surface area contributed by atoms with Crippen molar-refractivity contribution in [3.05, 3.63) is 57.6 Å². The topological polar surface area (TPSA) is 47.6 Å². The molecule has 0 aromatic heterocycles. The standard InChI is InChI=1S/C22H28BrNO3/c1-15-12-19(13-16(2)21(15)23)27-14-20(25)24-10-11-26-18-8-6-17(7-9-18)22(3,4)5/h6-9,12-13H,10-11,14H2,1-5H3,(H,24,25). The van der Waals surface area contributed by atoms with Crippen molar-refractivity contribution < 1.29 is 14.3 Å². The number of nitrogens with one attached hydrogen (secondary N) is 1. The quantitative estimate of drug-likeness (QED) is 0.629. The van der Waals surface area contributed by atoms with E-state index < -0.39 is 0 Å². The van der Waals surface area contributed by atoms with Gasteiger partial charge in [0.2, 0.25) is 0 Å². The first-order valence-electron chi connectivity index (χ1n) is 9.06. The zero-order valence-corrected chi connectivity index (χ0v) is 18.3. The number of carbonyl (C=O) groups excluding carboxylic acids is 1. The minimum Gasteiger partial charge on any atom is -0.492 e. The molecule has 0 bridgehead atoms. The second kappa shape index (κ2) is 9.27. The van der Waals surface area contributed by atoms with Gasteiger partial charge in [-0.2, -0.15) is 0 Å². The van der Waals surface area contributed by atoms with Crippen LogP contribution in [0.15, 0.2) is 40.9 Å². The number of hydrogen-bond donors (Lipinski definition) is 1. The first kappa shape index (κ1) is 21.3. The molecule has 27 heavy (non-hydrogen) atoms. The van der Waals surface area contributed by atoms with Crippen molar-refractivity contribution in [3.63, 3.8) is 0 Å². The minimum absolute atomic E-state index is 0.0131. The lowest BCUT2D eigenvalue weighted by Crippen LogP contribution is -2.32. The van der Waals surface area contributed by atoms with Crippen LogP contribution in [0.2, 0.25) is 0 Å². The summed E-state index contributed by atoms with van der Waals surface area (Å²) in [6.45, 7) is 11.4. The molecule has 2 aromatic carbocycles. The van der Waals surface area contributed by atoms with E-state index in [0.717, 1.165) is 21.3 Å². The van der Waals surface area contributed by atoms with E-state index in [0.29, 0.717) is 18.9 Å². The van der Waals surface area contributed by atoms with Crippen molar-refractivity contribution in [2.45, 2.75) is 40.0 Å². The first-order valence-corrected chi connectivity index (χ1v) is 9.85. The van der Waals surface area contributed by atoms with Crippen molar-refractivity contribution in [3.8, 4) is 11.5 Å². The van der Waals surface area contributed by atoms with E-state index in [2.05, 4.69) is 54.2 Å². The van der Waals surface area contributed by atoms with Gasteiger partial charge in [-0.15, -0.1) is 0 Å². The van der Waals surface area contributed by atoms with Crippen LogP contribution in [-0.4, -0.2) is 25.7 Å². The van der Waals surface area contributed by atoms with Gasteiger partial charge in [-0.05, 0) is 60.2 Å². The number of rotatable bonds is 7. The summed E-state index contributed by atoms with van der Waals surface area (Å²) < 4.78 is 12.3. The van der Waals surface area contributed by atoms with Crippen molar-refractivity contribution >= 4 is 21.8 Å². The summed E-state index contributed by atoms with van der Waals surface area (Å²) in [5, 5.41) is 2.80. The summed E-state index contributed by atoms with van der Waals surface area (Å²) in [7, 11) is 0. The van der Waals surface area contributed by atoms with Crippen LogP contribution in [0.5, 0.6) is 11.5 Å². The Kier molecular flexibility index (Phi) is 7.31. The van der Waals surface area contributed by atoms with Crippen LogP contribution in [0.4, 0.5) is 0 Å².